The number of amides is 1. The summed E-state index contributed by atoms with van der Waals surface area (Å²) in [6.45, 7) is 12.1. The molecule has 0 aromatic heterocycles. The molecule has 150 valence electrons. The summed E-state index contributed by atoms with van der Waals surface area (Å²) < 4.78 is 6.09. The van der Waals surface area contributed by atoms with Gasteiger partial charge in [-0.3, -0.25) is 4.79 Å². The van der Waals surface area contributed by atoms with Crippen molar-refractivity contribution in [3.63, 3.8) is 0 Å². The van der Waals surface area contributed by atoms with Crippen molar-refractivity contribution in [2.24, 2.45) is 0 Å². The van der Waals surface area contributed by atoms with Gasteiger partial charge in [-0.05, 0) is 54.2 Å². The summed E-state index contributed by atoms with van der Waals surface area (Å²) in [6.07, 6.45) is 1.05. The van der Waals surface area contributed by atoms with E-state index in [0.717, 1.165) is 25.3 Å². The summed E-state index contributed by atoms with van der Waals surface area (Å²) in [5.74, 6) is 0.915. The highest BCUT2D eigenvalue weighted by atomic mass is 16.5. The lowest BCUT2D eigenvalue weighted by Crippen LogP contribution is -2.54. The molecule has 2 aromatic carbocycles. The molecule has 0 spiro atoms. The third-order valence-corrected chi connectivity index (χ3v) is 5.16. The van der Waals surface area contributed by atoms with Crippen molar-refractivity contribution in [2.45, 2.75) is 58.6 Å². The van der Waals surface area contributed by atoms with E-state index < -0.39 is 0 Å². The molecule has 1 saturated heterocycles. The SMILES string of the molecule is CC(=O)NC(C)Cc1ccc(OC2CN(c3ccc(C(C)(C)C)cc3)C2)cc1. The number of hydrogen-bond donors (Lipinski definition) is 1. The molecule has 1 aliphatic heterocycles. The van der Waals surface area contributed by atoms with Gasteiger partial charge in [0.2, 0.25) is 5.91 Å². The summed E-state index contributed by atoms with van der Waals surface area (Å²) in [6, 6.07) is 17.2. The van der Waals surface area contributed by atoms with Crippen LogP contribution in [0.3, 0.4) is 0 Å². The number of anilines is 1. The highest BCUT2D eigenvalue weighted by molar-refractivity contribution is 5.73. The normalized spacial score (nSPS) is 15.7. The molecule has 4 nitrogen and oxygen atoms in total. The Morgan fingerprint density at radius 2 is 1.71 bits per heavy atom. The molecule has 0 radical (unpaired) electrons. The number of hydrogen-bond acceptors (Lipinski definition) is 3. The fourth-order valence-corrected chi connectivity index (χ4v) is 3.54. The molecule has 1 unspecified atom stereocenters. The first kappa shape index (κ1) is 20.2. The first-order chi connectivity index (χ1) is 13.2. The predicted octanol–water partition coefficient (Wildman–Crippen LogP) is 4.32. The lowest BCUT2D eigenvalue weighted by Gasteiger charge is -2.41. The van der Waals surface area contributed by atoms with Gasteiger partial charge >= 0.3 is 0 Å². The number of nitrogens with zero attached hydrogens (tertiary/aromatic N) is 1. The smallest absolute Gasteiger partial charge is 0.217 e. The topological polar surface area (TPSA) is 41.6 Å². The Morgan fingerprint density at radius 3 is 2.25 bits per heavy atom. The number of nitrogens with one attached hydrogen (secondary N) is 1. The molecule has 0 saturated carbocycles. The Hall–Kier alpha value is -2.49. The lowest BCUT2D eigenvalue weighted by molar-refractivity contribution is -0.119. The number of ether oxygens (including phenoxy) is 1. The summed E-state index contributed by atoms with van der Waals surface area (Å²) in [4.78, 5) is 13.5. The van der Waals surface area contributed by atoms with Crippen LogP contribution in [-0.4, -0.2) is 31.1 Å². The zero-order valence-corrected chi connectivity index (χ0v) is 17.7. The second-order valence-corrected chi connectivity index (χ2v) is 8.89. The van der Waals surface area contributed by atoms with Crippen LogP contribution in [0, 0.1) is 0 Å². The van der Waals surface area contributed by atoms with Gasteiger partial charge < -0.3 is 15.0 Å². The lowest BCUT2D eigenvalue weighted by atomic mass is 9.87. The van der Waals surface area contributed by atoms with E-state index >= 15 is 0 Å². The first-order valence-electron chi connectivity index (χ1n) is 10.1. The number of carbonyl (C=O) groups is 1. The van der Waals surface area contributed by atoms with E-state index in [1.807, 2.05) is 19.1 Å². The molecule has 1 atom stereocenters. The molecule has 1 fully saturated rings. The quantitative estimate of drug-likeness (QED) is 0.811. The van der Waals surface area contributed by atoms with Crippen molar-refractivity contribution >= 4 is 11.6 Å². The maximum Gasteiger partial charge on any atom is 0.217 e. The summed E-state index contributed by atoms with van der Waals surface area (Å²) in [5, 5.41) is 2.91. The highest BCUT2D eigenvalue weighted by Crippen LogP contribution is 2.28. The van der Waals surface area contributed by atoms with Gasteiger partial charge in [-0.2, -0.15) is 0 Å². The Bertz CT molecular complexity index is 785. The van der Waals surface area contributed by atoms with Gasteiger partial charge in [-0.25, -0.2) is 0 Å². The summed E-state index contributed by atoms with van der Waals surface area (Å²) >= 11 is 0. The third-order valence-electron chi connectivity index (χ3n) is 5.16. The minimum absolute atomic E-state index is 0.00929. The molecule has 1 heterocycles. The molecular weight excluding hydrogens is 348 g/mol. The molecule has 4 heteroatoms. The van der Waals surface area contributed by atoms with E-state index in [-0.39, 0.29) is 23.5 Å². The van der Waals surface area contributed by atoms with Crippen molar-refractivity contribution in [3.05, 3.63) is 59.7 Å². The monoisotopic (exact) mass is 380 g/mol. The predicted molar refractivity (Wildman–Crippen MR) is 115 cm³/mol. The van der Waals surface area contributed by atoms with E-state index in [1.165, 1.54) is 16.8 Å². The Kier molecular flexibility index (Phi) is 5.97. The summed E-state index contributed by atoms with van der Waals surface area (Å²) in [7, 11) is 0. The Labute approximate surface area is 168 Å². The molecule has 28 heavy (non-hydrogen) atoms. The minimum atomic E-state index is 0.00929. The number of benzene rings is 2. The largest absolute Gasteiger partial charge is 0.487 e. The number of carbonyl (C=O) groups excluding carboxylic acids is 1. The van der Waals surface area contributed by atoms with Gasteiger partial charge in [0, 0.05) is 18.7 Å². The standard InChI is InChI=1S/C24H32N2O2/c1-17(25-18(2)27)14-19-6-12-22(13-7-19)28-23-15-26(16-23)21-10-8-20(9-11-21)24(3,4)5/h6-13,17,23H,14-16H2,1-5H3,(H,25,27). The van der Waals surface area contributed by atoms with Gasteiger partial charge in [-0.15, -0.1) is 0 Å². The van der Waals surface area contributed by atoms with Gasteiger partial charge in [0.15, 0.2) is 0 Å². The van der Waals surface area contributed by atoms with Crippen molar-refractivity contribution < 1.29 is 9.53 Å². The first-order valence-corrected chi connectivity index (χ1v) is 10.1. The Morgan fingerprint density at radius 1 is 1.11 bits per heavy atom. The van der Waals surface area contributed by atoms with Crippen LogP contribution in [0.15, 0.2) is 48.5 Å². The molecule has 1 amide bonds. The second-order valence-electron chi connectivity index (χ2n) is 8.89. The van der Waals surface area contributed by atoms with Crippen molar-refractivity contribution in [1.29, 1.82) is 0 Å². The van der Waals surface area contributed by atoms with Gasteiger partial charge in [0.25, 0.3) is 0 Å². The Balaban J connectivity index is 1.47. The van der Waals surface area contributed by atoms with E-state index in [0.29, 0.717) is 0 Å². The maximum absolute atomic E-state index is 11.1. The highest BCUT2D eigenvalue weighted by Gasteiger charge is 2.29. The van der Waals surface area contributed by atoms with Crippen LogP contribution < -0.4 is 15.0 Å². The van der Waals surface area contributed by atoms with Gasteiger partial charge in [0.1, 0.15) is 11.9 Å². The number of rotatable bonds is 6. The average Bonchev–Trinajstić information content (AvgIpc) is 2.58. The van der Waals surface area contributed by atoms with Crippen LogP contribution in [0.5, 0.6) is 5.75 Å². The molecule has 1 aliphatic rings. The second kappa shape index (κ2) is 8.26. The summed E-state index contributed by atoms with van der Waals surface area (Å²) in [5.41, 5.74) is 4.00. The zero-order chi connectivity index (χ0) is 20.3. The fourth-order valence-electron chi connectivity index (χ4n) is 3.54. The average molecular weight is 381 g/mol. The van der Waals surface area contributed by atoms with Crippen molar-refractivity contribution in [1.82, 2.24) is 5.32 Å². The van der Waals surface area contributed by atoms with Crippen LogP contribution >= 0.6 is 0 Å². The molecular formula is C24H32N2O2. The van der Waals surface area contributed by atoms with Gasteiger partial charge in [-0.1, -0.05) is 45.0 Å². The zero-order valence-electron chi connectivity index (χ0n) is 17.7. The molecule has 0 bridgehead atoms. The molecule has 1 N–H and O–H groups in total. The minimum Gasteiger partial charge on any atom is -0.487 e. The maximum atomic E-state index is 11.1. The van der Waals surface area contributed by atoms with Crippen LogP contribution in [0.25, 0.3) is 0 Å². The van der Waals surface area contributed by atoms with E-state index in [4.69, 9.17) is 4.74 Å². The van der Waals surface area contributed by atoms with Crippen LogP contribution in [0.4, 0.5) is 5.69 Å². The van der Waals surface area contributed by atoms with E-state index in [9.17, 15) is 4.79 Å². The van der Waals surface area contributed by atoms with Crippen LogP contribution in [-0.2, 0) is 16.6 Å². The molecule has 2 aromatic rings. The van der Waals surface area contributed by atoms with Crippen LogP contribution in [0.2, 0.25) is 0 Å². The molecule has 3 rings (SSSR count). The van der Waals surface area contributed by atoms with E-state index in [2.05, 4.69) is 67.4 Å². The van der Waals surface area contributed by atoms with Crippen molar-refractivity contribution in [2.75, 3.05) is 18.0 Å². The van der Waals surface area contributed by atoms with E-state index in [1.54, 1.807) is 6.92 Å². The fraction of sp³-hybridized carbons (Fsp3) is 0.458. The van der Waals surface area contributed by atoms with Crippen molar-refractivity contribution in [3.8, 4) is 5.75 Å². The van der Waals surface area contributed by atoms with Gasteiger partial charge in [0.05, 0.1) is 13.1 Å². The van der Waals surface area contributed by atoms with Crippen LogP contribution in [0.1, 0.15) is 45.7 Å². The third kappa shape index (κ3) is 5.28. The molecule has 0 aliphatic carbocycles.